The van der Waals surface area contributed by atoms with E-state index in [4.69, 9.17) is 0 Å². The highest BCUT2D eigenvalue weighted by molar-refractivity contribution is 6.03. The SMILES string of the molecule is Cc1cc(C(=O)Nc2ccc(C)c(C)c2)nc(NCc2ccc(F)cc2)n1. The number of amides is 1. The van der Waals surface area contributed by atoms with Gasteiger partial charge < -0.3 is 10.6 Å². The lowest BCUT2D eigenvalue weighted by Gasteiger charge is -2.10. The Kier molecular flexibility index (Phi) is 5.45. The molecule has 5 nitrogen and oxygen atoms in total. The summed E-state index contributed by atoms with van der Waals surface area (Å²) < 4.78 is 13.0. The molecule has 0 fully saturated rings. The van der Waals surface area contributed by atoms with Crippen LogP contribution in [0.2, 0.25) is 0 Å². The topological polar surface area (TPSA) is 66.9 Å². The Labute approximate surface area is 157 Å². The van der Waals surface area contributed by atoms with Gasteiger partial charge in [0.05, 0.1) is 0 Å². The first-order valence-electron chi connectivity index (χ1n) is 8.63. The van der Waals surface area contributed by atoms with Gasteiger partial charge in [-0.1, -0.05) is 18.2 Å². The molecule has 6 heteroatoms. The molecule has 3 rings (SSSR count). The lowest BCUT2D eigenvalue weighted by molar-refractivity contribution is 0.102. The van der Waals surface area contributed by atoms with Crippen LogP contribution < -0.4 is 10.6 Å². The zero-order chi connectivity index (χ0) is 19.4. The molecule has 0 saturated heterocycles. The number of hydrogen-bond donors (Lipinski definition) is 2. The molecule has 0 aliphatic heterocycles. The van der Waals surface area contributed by atoms with Crippen molar-refractivity contribution in [2.75, 3.05) is 10.6 Å². The van der Waals surface area contributed by atoms with Gasteiger partial charge in [-0.05, 0) is 67.8 Å². The van der Waals surface area contributed by atoms with Crippen LogP contribution in [-0.4, -0.2) is 15.9 Å². The summed E-state index contributed by atoms with van der Waals surface area (Å²) in [6.07, 6.45) is 0. The van der Waals surface area contributed by atoms with Crippen LogP contribution in [0.3, 0.4) is 0 Å². The molecule has 2 N–H and O–H groups in total. The highest BCUT2D eigenvalue weighted by Gasteiger charge is 2.11. The minimum Gasteiger partial charge on any atom is -0.350 e. The van der Waals surface area contributed by atoms with Crippen LogP contribution in [0.15, 0.2) is 48.5 Å². The molecular formula is C21H21FN4O. The number of benzene rings is 2. The van der Waals surface area contributed by atoms with Gasteiger partial charge >= 0.3 is 0 Å². The van der Waals surface area contributed by atoms with Crippen molar-refractivity contribution in [2.24, 2.45) is 0 Å². The highest BCUT2D eigenvalue weighted by atomic mass is 19.1. The lowest BCUT2D eigenvalue weighted by Crippen LogP contribution is -2.16. The number of aryl methyl sites for hydroxylation is 3. The van der Waals surface area contributed by atoms with E-state index in [1.165, 1.54) is 12.1 Å². The predicted molar refractivity (Wildman–Crippen MR) is 104 cm³/mol. The second kappa shape index (κ2) is 7.95. The monoisotopic (exact) mass is 364 g/mol. The maximum absolute atomic E-state index is 13.0. The van der Waals surface area contributed by atoms with Crippen molar-refractivity contribution in [3.8, 4) is 0 Å². The summed E-state index contributed by atoms with van der Waals surface area (Å²) in [6.45, 7) is 6.25. The molecule has 3 aromatic rings. The van der Waals surface area contributed by atoms with Gasteiger partial charge in [0.25, 0.3) is 5.91 Å². The molecule has 0 spiro atoms. The molecule has 2 aromatic carbocycles. The van der Waals surface area contributed by atoms with E-state index in [2.05, 4.69) is 20.6 Å². The number of aromatic nitrogens is 2. The normalized spacial score (nSPS) is 10.5. The predicted octanol–water partition coefficient (Wildman–Crippen LogP) is 4.41. The fourth-order valence-corrected chi connectivity index (χ4v) is 2.56. The first-order chi connectivity index (χ1) is 12.9. The van der Waals surface area contributed by atoms with Gasteiger partial charge in [0.2, 0.25) is 5.95 Å². The molecule has 1 aromatic heterocycles. The Morgan fingerprint density at radius 3 is 2.41 bits per heavy atom. The van der Waals surface area contributed by atoms with Crippen LogP contribution in [0, 0.1) is 26.6 Å². The largest absolute Gasteiger partial charge is 0.350 e. The van der Waals surface area contributed by atoms with Gasteiger partial charge in [-0.25, -0.2) is 14.4 Å². The summed E-state index contributed by atoms with van der Waals surface area (Å²) in [5.74, 6) is -0.228. The highest BCUT2D eigenvalue weighted by Crippen LogP contribution is 2.16. The molecule has 138 valence electrons. The molecule has 0 unspecified atom stereocenters. The Morgan fingerprint density at radius 1 is 0.963 bits per heavy atom. The number of halogens is 1. The number of hydrogen-bond acceptors (Lipinski definition) is 4. The maximum atomic E-state index is 13.0. The van der Waals surface area contributed by atoms with Crippen molar-refractivity contribution in [3.63, 3.8) is 0 Å². The average Bonchev–Trinajstić information content (AvgIpc) is 2.64. The summed E-state index contributed by atoms with van der Waals surface area (Å²) in [4.78, 5) is 21.2. The molecule has 1 amide bonds. The van der Waals surface area contributed by atoms with Crippen LogP contribution in [0.25, 0.3) is 0 Å². The van der Waals surface area contributed by atoms with E-state index < -0.39 is 0 Å². The molecule has 0 radical (unpaired) electrons. The van der Waals surface area contributed by atoms with E-state index in [0.717, 1.165) is 22.4 Å². The van der Waals surface area contributed by atoms with Gasteiger partial charge in [0.1, 0.15) is 11.5 Å². The number of rotatable bonds is 5. The first-order valence-corrected chi connectivity index (χ1v) is 8.63. The third-order valence-corrected chi connectivity index (χ3v) is 4.22. The zero-order valence-corrected chi connectivity index (χ0v) is 15.5. The molecule has 0 aliphatic carbocycles. The van der Waals surface area contributed by atoms with Crippen LogP contribution in [0.5, 0.6) is 0 Å². The van der Waals surface area contributed by atoms with E-state index >= 15 is 0 Å². The summed E-state index contributed by atoms with van der Waals surface area (Å²) in [5.41, 5.74) is 4.84. The Morgan fingerprint density at radius 2 is 1.70 bits per heavy atom. The molecule has 1 heterocycles. The fraction of sp³-hybridized carbons (Fsp3) is 0.190. The van der Waals surface area contributed by atoms with Crippen molar-refractivity contribution in [2.45, 2.75) is 27.3 Å². The van der Waals surface area contributed by atoms with Gasteiger partial charge in [0, 0.05) is 17.9 Å². The lowest BCUT2D eigenvalue weighted by atomic mass is 10.1. The van der Waals surface area contributed by atoms with Crippen LogP contribution in [0.1, 0.15) is 32.9 Å². The third-order valence-electron chi connectivity index (χ3n) is 4.22. The number of carbonyl (C=O) groups excluding carboxylic acids is 1. The minimum atomic E-state index is -0.298. The van der Waals surface area contributed by atoms with Crippen molar-refractivity contribution in [1.82, 2.24) is 9.97 Å². The van der Waals surface area contributed by atoms with Crippen molar-refractivity contribution in [3.05, 3.63) is 82.4 Å². The number of nitrogens with zero attached hydrogens (tertiary/aromatic N) is 2. The molecule has 0 aliphatic rings. The molecular weight excluding hydrogens is 343 g/mol. The second-order valence-corrected chi connectivity index (χ2v) is 6.45. The quantitative estimate of drug-likeness (QED) is 0.704. The van der Waals surface area contributed by atoms with E-state index in [9.17, 15) is 9.18 Å². The Balaban J connectivity index is 1.72. The number of carbonyl (C=O) groups is 1. The Hall–Kier alpha value is -3.28. The summed E-state index contributed by atoms with van der Waals surface area (Å²) >= 11 is 0. The smallest absolute Gasteiger partial charge is 0.274 e. The van der Waals surface area contributed by atoms with Crippen molar-refractivity contribution >= 4 is 17.5 Å². The first kappa shape index (κ1) is 18.5. The zero-order valence-electron chi connectivity index (χ0n) is 15.5. The van der Waals surface area contributed by atoms with E-state index in [0.29, 0.717) is 18.2 Å². The fourth-order valence-electron chi connectivity index (χ4n) is 2.56. The van der Waals surface area contributed by atoms with Crippen LogP contribution in [0.4, 0.5) is 16.0 Å². The summed E-state index contributed by atoms with van der Waals surface area (Å²) in [6, 6.07) is 13.6. The minimum absolute atomic E-state index is 0.280. The van der Waals surface area contributed by atoms with Gasteiger partial charge in [-0.15, -0.1) is 0 Å². The van der Waals surface area contributed by atoms with Gasteiger partial charge in [-0.2, -0.15) is 0 Å². The standard InChI is InChI=1S/C21H21FN4O/c1-13-4-9-18(10-14(13)2)25-20(27)19-11-15(3)24-21(26-19)23-12-16-5-7-17(22)8-6-16/h4-11H,12H2,1-3H3,(H,25,27)(H,23,24,26). The molecule has 0 saturated carbocycles. The van der Waals surface area contributed by atoms with E-state index in [1.807, 2.05) is 32.0 Å². The molecule has 0 bridgehead atoms. The molecule has 27 heavy (non-hydrogen) atoms. The van der Waals surface area contributed by atoms with E-state index in [-0.39, 0.29) is 17.4 Å². The third kappa shape index (κ3) is 4.88. The number of anilines is 2. The molecule has 0 atom stereocenters. The second-order valence-electron chi connectivity index (χ2n) is 6.45. The Bertz CT molecular complexity index is 970. The average molecular weight is 364 g/mol. The van der Waals surface area contributed by atoms with Crippen LogP contribution in [-0.2, 0) is 6.54 Å². The number of nitrogens with one attached hydrogen (secondary N) is 2. The summed E-state index contributed by atoms with van der Waals surface area (Å²) in [7, 11) is 0. The maximum Gasteiger partial charge on any atom is 0.274 e. The van der Waals surface area contributed by atoms with Gasteiger partial charge in [0.15, 0.2) is 0 Å². The van der Waals surface area contributed by atoms with Gasteiger partial charge in [-0.3, -0.25) is 4.79 Å². The van der Waals surface area contributed by atoms with Crippen molar-refractivity contribution in [1.29, 1.82) is 0 Å². The van der Waals surface area contributed by atoms with Crippen LogP contribution >= 0.6 is 0 Å². The van der Waals surface area contributed by atoms with Crippen molar-refractivity contribution < 1.29 is 9.18 Å². The summed E-state index contributed by atoms with van der Waals surface area (Å²) in [5, 5.41) is 5.93. The van der Waals surface area contributed by atoms with E-state index in [1.54, 1.807) is 25.1 Å².